The van der Waals surface area contributed by atoms with Gasteiger partial charge in [0, 0.05) is 38.8 Å². The highest BCUT2D eigenvalue weighted by Gasteiger charge is 2.08. The molecule has 23 heavy (non-hydrogen) atoms. The topological polar surface area (TPSA) is 59.9 Å². The zero-order chi connectivity index (χ0) is 16.8. The minimum atomic E-state index is 0. The molecule has 6 heteroatoms. The molecule has 0 bridgehead atoms. The van der Waals surface area contributed by atoms with Crippen molar-refractivity contribution in [3.8, 4) is 0 Å². The molecule has 0 aromatic rings. The number of hydrogen-bond acceptors (Lipinski definition) is 3. The second kappa shape index (κ2) is 16.8. The van der Waals surface area contributed by atoms with Gasteiger partial charge in [-0.25, -0.2) is 0 Å². The summed E-state index contributed by atoms with van der Waals surface area (Å²) in [6.45, 7) is 12.5. The number of aliphatic hydroxyl groups is 1. The lowest BCUT2D eigenvalue weighted by atomic mass is 10.0. The molecule has 0 rings (SSSR count). The van der Waals surface area contributed by atoms with Gasteiger partial charge in [-0.2, -0.15) is 0 Å². The number of guanidine groups is 1. The maximum Gasteiger partial charge on any atom is 0.191 e. The number of nitrogens with zero attached hydrogens (tertiary/aromatic N) is 2. The van der Waals surface area contributed by atoms with E-state index in [4.69, 9.17) is 5.11 Å². The summed E-state index contributed by atoms with van der Waals surface area (Å²) in [7, 11) is 2.17. The van der Waals surface area contributed by atoms with Crippen molar-refractivity contribution in [3.63, 3.8) is 0 Å². The molecule has 2 atom stereocenters. The normalized spacial score (nSPS) is 14.3. The van der Waals surface area contributed by atoms with Crippen molar-refractivity contribution in [2.75, 3.05) is 39.8 Å². The Morgan fingerprint density at radius 1 is 1.17 bits per heavy atom. The number of likely N-dealkylation sites (N-methyl/N-ethyl adjacent to an activating group) is 1. The smallest absolute Gasteiger partial charge is 0.191 e. The average Bonchev–Trinajstić information content (AvgIpc) is 2.51. The quantitative estimate of drug-likeness (QED) is 0.247. The zero-order valence-electron chi connectivity index (χ0n) is 15.8. The average molecular weight is 442 g/mol. The van der Waals surface area contributed by atoms with Crippen LogP contribution >= 0.6 is 24.0 Å². The van der Waals surface area contributed by atoms with E-state index in [0.717, 1.165) is 51.4 Å². The van der Waals surface area contributed by atoms with Gasteiger partial charge >= 0.3 is 0 Å². The lowest BCUT2D eigenvalue weighted by molar-refractivity contribution is 0.253. The molecular formula is C17H39IN4O. The largest absolute Gasteiger partial charge is 0.396 e. The molecule has 0 aliphatic rings. The lowest BCUT2D eigenvalue weighted by Gasteiger charge is -2.24. The molecule has 0 amide bonds. The fourth-order valence-corrected chi connectivity index (χ4v) is 2.36. The molecule has 3 N–H and O–H groups in total. The van der Waals surface area contributed by atoms with E-state index < -0.39 is 0 Å². The van der Waals surface area contributed by atoms with Crippen LogP contribution in [0.5, 0.6) is 0 Å². The Hall–Kier alpha value is -0.0800. The van der Waals surface area contributed by atoms with Gasteiger partial charge < -0.3 is 20.6 Å². The van der Waals surface area contributed by atoms with Crippen LogP contribution in [0.4, 0.5) is 0 Å². The maximum absolute atomic E-state index is 9.12. The zero-order valence-corrected chi connectivity index (χ0v) is 18.1. The molecule has 0 aromatic carbocycles. The van der Waals surface area contributed by atoms with E-state index in [1.807, 2.05) is 0 Å². The first-order valence-electron chi connectivity index (χ1n) is 8.92. The van der Waals surface area contributed by atoms with E-state index in [1.165, 1.54) is 6.42 Å². The second-order valence-corrected chi connectivity index (χ2v) is 6.05. The van der Waals surface area contributed by atoms with Crippen LogP contribution in [0, 0.1) is 5.92 Å². The standard InChI is InChI=1S/C17H38N4O.HI/c1-6-9-16(10-13-22)14-20-17(18-8-3)19-11-12-21(5)15(4)7-2;/h15-16,22H,6-14H2,1-5H3,(H2,18,19,20);1H. The molecule has 0 saturated carbocycles. The predicted molar refractivity (Wildman–Crippen MR) is 112 cm³/mol. The Balaban J connectivity index is 0. The van der Waals surface area contributed by atoms with Crippen molar-refractivity contribution >= 4 is 29.9 Å². The molecule has 0 aliphatic carbocycles. The maximum atomic E-state index is 9.12. The highest BCUT2D eigenvalue weighted by atomic mass is 127. The Bertz CT molecular complexity index is 284. The SMILES string of the molecule is CCCC(CCO)CN=C(NCC)NCCN(C)C(C)CC.I. The third-order valence-corrected chi connectivity index (χ3v) is 4.19. The van der Waals surface area contributed by atoms with Crippen molar-refractivity contribution in [1.82, 2.24) is 15.5 Å². The second-order valence-electron chi connectivity index (χ2n) is 6.05. The summed E-state index contributed by atoms with van der Waals surface area (Å²) < 4.78 is 0. The number of hydrogen-bond donors (Lipinski definition) is 3. The van der Waals surface area contributed by atoms with Crippen LogP contribution < -0.4 is 10.6 Å². The number of aliphatic hydroxyl groups excluding tert-OH is 1. The molecule has 2 unspecified atom stereocenters. The van der Waals surface area contributed by atoms with Crippen LogP contribution in [0.2, 0.25) is 0 Å². The van der Waals surface area contributed by atoms with Crippen LogP contribution in [0.1, 0.15) is 53.4 Å². The first kappa shape index (κ1) is 25.2. The van der Waals surface area contributed by atoms with E-state index in [1.54, 1.807) is 0 Å². The number of aliphatic imine (C=N–C) groups is 1. The molecule has 0 radical (unpaired) electrons. The van der Waals surface area contributed by atoms with Gasteiger partial charge in [0.2, 0.25) is 0 Å². The van der Waals surface area contributed by atoms with Gasteiger partial charge in [0.1, 0.15) is 0 Å². The summed E-state index contributed by atoms with van der Waals surface area (Å²) in [4.78, 5) is 7.04. The number of rotatable bonds is 12. The van der Waals surface area contributed by atoms with Crippen LogP contribution in [-0.4, -0.2) is 61.8 Å². The Kier molecular flexibility index (Phi) is 18.3. The van der Waals surface area contributed by atoms with Gasteiger partial charge in [-0.1, -0.05) is 20.3 Å². The third kappa shape index (κ3) is 12.9. The molecule has 0 aliphatic heterocycles. The van der Waals surface area contributed by atoms with E-state index >= 15 is 0 Å². The third-order valence-electron chi connectivity index (χ3n) is 4.19. The molecule has 0 aromatic heterocycles. The summed E-state index contributed by atoms with van der Waals surface area (Å²) in [6.07, 6.45) is 4.28. The lowest BCUT2D eigenvalue weighted by Crippen LogP contribution is -2.42. The number of nitrogens with one attached hydrogen (secondary N) is 2. The van der Waals surface area contributed by atoms with Crippen molar-refractivity contribution in [3.05, 3.63) is 0 Å². The molecule has 0 spiro atoms. The Labute approximate surface area is 160 Å². The van der Waals surface area contributed by atoms with E-state index in [9.17, 15) is 0 Å². The van der Waals surface area contributed by atoms with E-state index in [-0.39, 0.29) is 30.6 Å². The van der Waals surface area contributed by atoms with Gasteiger partial charge in [0.15, 0.2) is 5.96 Å². The van der Waals surface area contributed by atoms with Crippen molar-refractivity contribution in [1.29, 1.82) is 0 Å². The van der Waals surface area contributed by atoms with E-state index in [0.29, 0.717) is 12.0 Å². The summed E-state index contributed by atoms with van der Waals surface area (Å²) >= 11 is 0. The monoisotopic (exact) mass is 442 g/mol. The molecule has 5 nitrogen and oxygen atoms in total. The number of halogens is 1. The molecule has 0 saturated heterocycles. The summed E-state index contributed by atoms with van der Waals surface area (Å²) in [5.74, 6) is 1.37. The summed E-state index contributed by atoms with van der Waals surface area (Å²) in [5, 5.41) is 15.8. The van der Waals surface area contributed by atoms with Gasteiger partial charge in [0.25, 0.3) is 0 Å². The summed E-state index contributed by atoms with van der Waals surface area (Å²) in [6, 6.07) is 0.611. The van der Waals surface area contributed by atoms with E-state index in [2.05, 4.69) is 55.3 Å². The summed E-state index contributed by atoms with van der Waals surface area (Å²) in [5.41, 5.74) is 0. The van der Waals surface area contributed by atoms with Crippen LogP contribution in [-0.2, 0) is 0 Å². The Morgan fingerprint density at radius 2 is 1.87 bits per heavy atom. The van der Waals surface area contributed by atoms with Gasteiger partial charge in [0.05, 0.1) is 0 Å². The van der Waals surface area contributed by atoms with Crippen LogP contribution in [0.15, 0.2) is 4.99 Å². The molecular weight excluding hydrogens is 403 g/mol. The van der Waals surface area contributed by atoms with Crippen LogP contribution in [0.25, 0.3) is 0 Å². The first-order valence-corrected chi connectivity index (χ1v) is 8.92. The highest BCUT2D eigenvalue weighted by molar-refractivity contribution is 14.0. The molecule has 0 fully saturated rings. The fourth-order valence-electron chi connectivity index (χ4n) is 2.36. The Morgan fingerprint density at radius 3 is 2.39 bits per heavy atom. The predicted octanol–water partition coefficient (Wildman–Crippen LogP) is 2.69. The fraction of sp³-hybridized carbons (Fsp3) is 0.941. The van der Waals surface area contributed by atoms with Crippen molar-refractivity contribution < 1.29 is 5.11 Å². The first-order chi connectivity index (χ1) is 10.6. The molecule has 0 heterocycles. The van der Waals surface area contributed by atoms with Gasteiger partial charge in [-0.15, -0.1) is 24.0 Å². The minimum absolute atomic E-state index is 0. The van der Waals surface area contributed by atoms with Crippen molar-refractivity contribution in [2.45, 2.75) is 59.4 Å². The minimum Gasteiger partial charge on any atom is -0.396 e. The van der Waals surface area contributed by atoms with Gasteiger partial charge in [-0.3, -0.25) is 4.99 Å². The van der Waals surface area contributed by atoms with Gasteiger partial charge in [-0.05, 0) is 46.1 Å². The highest BCUT2D eigenvalue weighted by Crippen LogP contribution is 2.10. The molecule has 140 valence electrons. The van der Waals surface area contributed by atoms with Crippen LogP contribution in [0.3, 0.4) is 0 Å². The van der Waals surface area contributed by atoms with Crippen molar-refractivity contribution in [2.24, 2.45) is 10.9 Å².